The summed E-state index contributed by atoms with van der Waals surface area (Å²) in [7, 11) is 0. The predicted octanol–water partition coefficient (Wildman–Crippen LogP) is 3.84. The van der Waals surface area contributed by atoms with E-state index in [9.17, 15) is 14.4 Å². The Bertz CT molecular complexity index is 876. The van der Waals surface area contributed by atoms with E-state index in [4.69, 9.17) is 0 Å². The molecule has 1 N–H and O–H groups in total. The number of imide groups is 2. The molecule has 7 heteroatoms. The van der Waals surface area contributed by atoms with Gasteiger partial charge in [-0.2, -0.15) is 0 Å². The first-order valence-corrected chi connectivity index (χ1v) is 9.32. The monoisotopic (exact) mass is 416 g/mol. The topological polar surface area (TPSA) is 66.5 Å². The van der Waals surface area contributed by atoms with Gasteiger partial charge in [-0.3, -0.25) is 14.9 Å². The minimum Gasteiger partial charge on any atom is -0.273 e. The van der Waals surface area contributed by atoms with Crippen molar-refractivity contribution in [1.29, 1.82) is 0 Å². The number of hydrogen-bond acceptors (Lipinski definition) is 4. The Morgan fingerprint density at radius 1 is 1.00 bits per heavy atom. The van der Waals surface area contributed by atoms with Gasteiger partial charge in [0.05, 0.1) is 5.69 Å². The van der Waals surface area contributed by atoms with Gasteiger partial charge in [0, 0.05) is 9.37 Å². The summed E-state index contributed by atoms with van der Waals surface area (Å²) in [5.74, 6) is -1.35. The standard InChI is InChI=1S/C18H13BrN2O3S/c1-25-14-8-2-11(3-9-14)10-15-16(22)20-18(24)21(17(15)23)13-6-4-12(19)5-7-13/h2-10H,1H3,(H,20,22,24)/b15-10-. The molecule has 1 heterocycles. The second-order valence-electron chi connectivity index (χ2n) is 5.21. The van der Waals surface area contributed by atoms with Crippen molar-refractivity contribution in [3.8, 4) is 0 Å². The average molecular weight is 417 g/mol. The Balaban J connectivity index is 1.97. The lowest BCUT2D eigenvalue weighted by Gasteiger charge is -2.26. The summed E-state index contributed by atoms with van der Waals surface area (Å²) >= 11 is 4.91. The number of urea groups is 1. The molecule has 0 atom stereocenters. The fourth-order valence-corrected chi connectivity index (χ4v) is 3.02. The van der Waals surface area contributed by atoms with Gasteiger partial charge in [0.2, 0.25) is 0 Å². The summed E-state index contributed by atoms with van der Waals surface area (Å²) in [6.45, 7) is 0. The average Bonchev–Trinajstić information content (AvgIpc) is 2.60. The van der Waals surface area contributed by atoms with Crippen LogP contribution in [-0.2, 0) is 9.59 Å². The van der Waals surface area contributed by atoms with E-state index >= 15 is 0 Å². The van der Waals surface area contributed by atoms with Crippen molar-refractivity contribution in [2.24, 2.45) is 0 Å². The summed E-state index contributed by atoms with van der Waals surface area (Å²) in [6, 6.07) is 13.4. The number of carbonyl (C=O) groups is 3. The zero-order valence-electron chi connectivity index (χ0n) is 13.2. The van der Waals surface area contributed by atoms with Gasteiger partial charge in [0.15, 0.2) is 0 Å². The van der Waals surface area contributed by atoms with Crippen LogP contribution in [0.4, 0.5) is 10.5 Å². The van der Waals surface area contributed by atoms with Gasteiger partial charge < -0.3 is 0 Å². The first-order chi connectivity index (χ1) is 12.0. The lowest BCUT2D eigenvalue weighted by Crippen LogP contribution is -2.54. The van der Waals surface area contributed by atoms with Gasteiger partial charge in [0.1, 0.15) is 5.57 Å². The van der Waals surface area contributed by atoms with E-state index in [1.165, 1.54) is 6.08 Å². The molecule has 1 fully saturated rings. The second-order valence-corrected chi connectivity index (χ2v) is 7.00. The van der Waals surface area contributed by atoms with Crippen LogP contribution in [0.3, 0.4) is 0 Å². The molecule has 0 aromatic heterocycles. The fourth-order valence-electron chi connectivity index (χ4n) is 2.35. The molecule has 0 spiro atoms. The highest BCUT2D eigenvalue weighted by molar-refractivity contribution is 9.10. The highest BCUT2D eigenvalue weighted by Crippen LogP contribution is 2.24. The van der Waals surface area contributed by atoms with Crippen LogP contribution in [0, 0.1) is 0 Å². The Morgan fingerprint density at radius 2 is 1.64 bits per heavy atom. The number of nitrogens with zero attached hydrogens (tertiary/aromatic N) is 1. The second kappa shape index (κ2) is 7.25. The van der Waals surface area contributed by atoms with Crippen molar-refractivity contribution in [2.45, 2.75) is 4.90 Å². The molecule has 126 valence electrons. The van der Waals surface area contributed by atoms with Crippen LogP contribution in [0.25, 0.3) is 6.08 Å². The van der Waals surface area contributed by atoms with E-state index in [1.54, 1.807) is 36.0 Å². The molecular formula is C18H13BrN2O3S. The zero-order valence-corrected chi connectivity index (χ0v) is 15.6. The van der Waals surface area contributed by atoms with Crippen molar-refractivity contribution in [1.82, 2.24) is 5.32 Å². The molecule has 0 aliphatic carbocycles. The summed E-state index contributed by atoms with van der Waals surface area (Å²) < 4.78 is 0.821. The Labute approximate surface area is 157 Å². The highest BCUT2D eigenvalue weighted by Gasteiger charge is 2.36. The van der Waals surface area contributed by atoms with Crippen molar-refractivity contribution >= 4 is 57.3 Å². The number of nitrogens with one attached hydrogen (secondary N) is 1. The third kappa shape index (κ3) is 3.67. The molecule has 2 aromatic carbocycles. The number of hydrogen-bond donors (Lipinski definition) is 1. The predicted molar refractivity (Wildman–Crippen MR) is 101 cm³/mol. The Kier molecular flexibility index (Phi) is 5.06. The van der Waals surface area contributed by atoms with Crippen LogP contribution in [-0.4, -0.2) is 24.1 Å². The molecular weight excluding hydrogens is 404 g/mol. The number of thioether (sulfide) groups is 1. The summed E-state index contributed by atoms with van der Waals surface area (Å²) in [5, 5.41) is 2.21. The molecule has 4 amide bonds. The molecule has 3 rings (SSSR count). The van der Waals surface area contributed by atoms with E-state index < -0.39 is 17.8 Å². The van der Waals surface area contributed by atoms with E-state index in [2.05, 4.69) is 21.2 Å². The van der Waals surface area contributed by atoms with Gasteiger partial charge in [-0.25, -0.2) is 9.69 Å². The quantitative estimate of drug-likeness (QED) is 0.468. The van der Waals surface area contributed by atoms with Gasteiger partial charge in [-0.05, 0) is 54.3 Å². The number of carbonyl (C=O) groups excluding carboxylic acids is 3. The molecule has 1 aliphatic rings. The van der Waals surface area contributed by atoms with Crippen molar-refractivity contribution in [3.63, 3.8) is 0 Å². The number of anilines is 1. The smallest absolute Gasteiger partial charge is 0.273 e. The first kappa shape index (κ1) is 17.4. The van der Waals surface area contributed by atoms with Crippen molar-refractivity contribution in [3.05, 3.63) is 64.1 Å². The maximum absolute atomic E-state index is 12.7. The van der Waals surface area contributed by atoms with Gasteiger partial charge >= 0.3 is 6.03 Å². The molecule has 5 nitrogen and oxygen atoms in total. The highest BCUT2D eigenvalue weighted by atomic mass is 79.9. The number of halogens is 1. The molecule has 1 aliphatic heterocycles. The minimum atomic E-state index is -0.757. The molecule has 0 radical (unpaired) electrons. The lowest BCUT2D eigenvalue weighted by molar-refractivity contribution is -0.122. The zero-order chi connectivity index (χ0) is 18.0. The minimum absolute atomic E-state index is 0.0839. The molecule has 2 aromatic rings. The maximum atomic E-state index is 12.7. The largest absolute Gasteiger partial charge is 0.335 e. The first-order valence-electron chi connectivity index (χ1n) is 7.30. The molecule has 0 saturated carbocycles. The van der Waals surface area contributed by atoms with Crippen LogP contribution in [0.1, 0.15) is 5.56 Å². The lowest BCUT2D eigenvalue weighted by atomic mass is 10.1. The maximum Gasteiger partial charge on any atom is 0.335 e. The van der Waals surface area contributed by atoms with Gasteiger partial charge in [0.25, 0.3) is 11.8 Å². The van der Waals surface area contributed by atoms with E-state index in [0.29, 0.717) is 11.3 Å². The molecule has 25 heavy (non-hydrogen) atoms. The molecule has 1 saturated heterocycles. The van der Waals surface area contributed by atoms with Crippen molar-refractivity contribution < 1.29 is 14.4 Å². The van der Waals surface area contributed by atoms with Crippen LogP contribution < -0.4 is 10.2 Å². The van der Waals surface area contributed by atoms with Crippen molar-refractivity contribution in [2.75, 3.05) is 11.2 Å². The number of rotatable bonds is 3. The summed E-state index contributed by atoms with van der Waals surface area (Å²) in [5.41, 5.74) is 1.02. The normalized spacial score (nSPS) is 16.3. The summed E-state index contributed by atoms with van der Waals surface area (Å²) in [4.78, 5) is 39.0. The van der Waals surface area contributed by atoms with Crippen LogP contribution in [0.15, 0.2) is 63.5 Å². The van der Waals surface area contributed by atoms with E-state index in [-0.39, 0.29) is 5.57 Å². The van der Waals surface area contributed by atoms with Crippen LogP contribution in [0.5, 0.6) is 0 Å². The van der Waals surface area contributed by atoms with Gasteiger partial charge in [-0.15, -0.1) is 11.8 Å². The van der Waals surface area contributed by atoms with Gasteiger partial charge in [-0.1, -0.05) is 28.1 Å². The fraction of sp³-hybridized carbons (Fsp3) is 0.0556. The number of benzene rings is 2. The number of amides is 4. The van der Waals surface area contributed by atoms with Crippen LogP contribution in [0.2, 0.25) is 0 Å². The molecule has 0 unspecified atom stereocenters. The molecule has 0 bridgehead atoms. The van der Waals surface area contributed by atoms with Crippen LogP contribution >= 0.6 is 27.7 Å². The van der Waals surface area contributed by atoms with E-state index in [1.807, 2.05) is 30.5 Å². The third-order valence-electron chi connectivity index (χ3n) is 3.61. The summed E-state index contributed by atoms with van der Waals surface area (Å²) in [6.07, 6.45) is 3.45. The number of barbiturate groups is 1. The third-order valence-corrected chi connectivity index (χ3v) is 4.89. The Morgan fingerprint density at radius 3 is 2.24 bits per heavy atom. The Hall–Kier alpha value is -2.38. The van der Waals surface area contributed by atoms with E-state index in [0.717, 1.165) is 14.3 Å². The SMILES string of the molecule is CSc1ccc(/C=C2/C(=O)NC(=O)N(c3ccc(Br)cc3)C2=O)cc1.